The van der Waals surface area contributed by atoms with Gasteiger partial charge in [0.25, 0.3) is 10.0 Å². The first-order valence-corrected chi connectivity index (χ1v) is 10.3. The van der Waals surface area contributed by atoms with Crippen molar-refractivity contribution in [3.8, 4) is 0 Å². The first kappa shape index (κ1) is 18.7. The van der Waals surface area contributed by atoms with E-state index in [1.165, 1.54) is 0 Å². The molecule has 0 aromatic heterocycles. The standard InChI is InChI=1S/C20H20ClNO3S/c1-3-4-18-12-16-11-17(21)8-7-15(16)13-20(25-18)22-26(23,24)19-9-5-14(2)6-10-19/h5-12H,3-4,13H2,1-2H3/b22-20+. The van der Waals surface area contributed by atoms with Crippen molar-refractivity contribution in [2.75, 3.05) is 0 Å². The van der Waals surface area contributed by atoms with Gasteiger partial charge in [-0.25, -0.2) is 0 Å². The molecule has 0 fully saturated rings. The lowest BCUT2D eigenvalue weighted by Gasteiger charge is -2.09. The summed E-state index contributed by atoms with van der Waals surface area (Å²) in [6, 6.07) is 12.1. The molecule has 0 radical (unpaired) electrons. The Hall–Kier alpha value is -2.11. The van der Waals surface area contributed by atoms with Crippen LogP contribution in [0.2, 0.25) is 5.02 Å². The molecule has 0 aliphatic carbocycles. The molecule has 4 nitrogen and oxygen atoms in total. The number of sulfonamides is 1. The molecule has 26 heavy (non-hydrogen) atoms. The topological polar surface area (TPSA) is 55.7 Å². The van der Waals surface area contributed by atoms with E-state index in [0.717, 1.165) is 23.1 Å². The summed E-state index contributed by atoms with van der Waals surface area (Å²) >= 11 is 6.09. The fourth-order valence-corrected chi connectivity index (χ4v) is 3.87. The molecule has 1 aliphatic rings. The van der Waals surface area contributed by atoms with Gasteiger partial charge < -0.3 is 4.74 Å². The van der Waals surface area contributed by atoms with Crippen LogP contribution in [0.5, 0.6) is 0 Å². The van der Waals surface area contributed by atoms with Crippen LogP contribution in [0, 0.1) is 6.92 Å². The van der Waals surface area contributed by atoms with Gasteiger partial charge in [0.05, 0.1) is 11.3 Å². The van der Waals surface area contributed by atoms with Crippen LogP contribution in [0.25, 0.3) is 6.08 Å². The van der Waals surface area contributed by atoms with Crippen LogP contribution in [0.1, 0.15) is 36.5 Å². The molecule has 0 amide bonds. The highest BCUT2D eigenvalue weighted by Crippen LogP contribution is 2.26. The zero-order chi connectivity index (χ0) is 18.7. The van der Waals surface area contributed by atoms with Crippen molar-refractivity contribution in [1.82, 2.24) is 0 Å². The Balaban J connectivity index is 2.01. The van der Waals surface area contributed by atoms with Gasteiger partial charge in [-0.05, 0) is 54.8 Å². The SMILES string of the molecule is CCCC1=Cc2cc(Cl)ccc2C/C(=N\S(=O)(=O)c2ccc(C)cc2)O1. The van der Waals surface area contributed by atoms with Crippen molar-refractivity contribution in [2.45, 2.75) is 38.0 Å². The average molecular weight is 390 g/mol. The lowest BCUT2D eigenvalue weighted by Crippen LogP contribution is -2.11. The number of hydrogen-bond donors (Lipinski definition) is 0. The third-order valence-electron chi connectivity index (χ3n) is 4.05. The second-order valence-corrected chi connectivity index (χ2v) is 8.30. The van der Waals surface area contributed by atoms with E-state index in [1.807, 2.05) is 32.1 Å². The average Bonchev–Trinajstić information content (AvgIpc) is 2.73. The Morgan fingerprint density at radius 1 is 1.15 bits per heavy atom. The zero-order valence-corrected chi connectivity index (χ0v) is 16.3. The minimum Gasteiger partial charge on any atom is -0.446 e. The van der Waals surface area contributed by atoms with Gasteiger partial charge in [0.2, 0.25) is 5.90 Å². The van der Waals surface area contributed by atoms with E-state index in [2.05, 4.69) is 4.40 Å². The molecule has 0 N–H and O–H groups in total. The summed E-state index contributed by atoms with van der Waals surface area (Å²) < 4.78 is 35.1. The molecule has 1 heterocycles. The highest BCUT2D eigenvalue weighted by Gasteiger charge is 2.20. The maximum atomic E-state index is 12.6. The number of halogens is 1. The molecule has 2 aromatic rings. The Labute approximate surface area is 159 Å². The van der Waals surface area contributed by atoms with Crippen LogP contribution in [-0.2, 0) is 21.2 Å². The molecule has 0 bridgehead atoms. The number of aryl methyl sites for hydroxylation is 1. The Bertz CT molecular complexity index is 977. The van der Waals surface area contributed by atoms with Crippen LogP contribution in [-0.4, -0.2) is 14.3 Å². The summed E-state index contributed by atoms with van der Waals surface area (Å²) in [6.45, 7) is 3.94. The van der Waals surface area contributed by atoms with Crippen molar-refractivity contribution in [3.05, 3.63) is 69.9 Å². The third kappa shape index (κ3) is 4.34. The normalized spacial score (nSPS) is 15.8. The van der Waals surface area contributed by atoms with Crippen molar-refractivity contribution in [2.24, 2.45) is 4.40 Å². The van der Waals surface area contributed by atoms with E-state index in [9.17, 15) is 8.42 Å². The second-order valence-electron chi connectivity index (χ2n) is 6.26. The van der Waals surface area contributed by atoms with Gasteiger partial charge in [0.15, 0.2) is 0 Å². The van der Waals surface area contributed by atoms with Gasteiger partial charge in [-0.2, -0.15) is 8.42 Å². The van der Waals surface area contributed by atoms with Gasteiger partial charge in [-0.3, -0.25) is 0 Å². The van der Waals surface area contributed by atoms with Crippen LogP contribution in [0.3, 0.4) is 0 Å². The van der Waals surface area contributed by atoms with Crippen molar-refractivity contribution < 1.29 is 13.2 Å². The molecule has 0 saturated heterocycles. The van der Waals surface area contributed by atoms with Gasteiger partial charge in [-0.15, -0.1) is 4.40 Å². The number of allylic oxidation sites excluding steroid dienone is 1. The molecule has 136 valence electrons. The Morgan fingerprint density at radius 3 is 2.58 bits per heavy atom. The van der Waals surface area contributed by atoms with E-state index in [0.29, 0.717) is 23.6 Å². The van der Waals surface area contributed by atoms with Crippen molar-refractivity contribution >= 4 is 33.6 Å². The number of nitrogens with zero attached hydrogens (tertiary/aromatic N) is 1. The fraction of sp³-hybridized carbons (Fsp3) is 0.250. The highest BCUT2D eigenvalue weighted by atomic mass is 35.5. The molecule has 1 aliphatic heterocycles. The summed E-state index contributed by atoms with van der Waals surface area (Å²) in [4.78, 5) is 0.154. The van der Waals surface area contributed by atoms with Crippen LogP contribution in [0.4, 0.5) is 0 Å². The van der Waals surface area contributed by atoms with E-state index in [-0.39, 0.29) is 10.8 Å². The zero-order valence-electron chi connectivity index (χ0n) is 14.7. The van der Waals surface area contributed by atoms with Gasteiger partial charge in [0, 0.05) is 11.4 Å². The number of hydrogen-bond acceptors (Lipinski definition) is 3. The van der Waals surface area contributed by atoms with E-state index >= 15 is 0 Å². The molecular formula is C20H20ClNO3S. The number of rotatable bonds is 4. The summed E-state index contributed by atoms with van der Waals surface area (Å²) in [7, 11) is -3.83. The summed E-state index contributed by atoms with van der Waals surface area (Å²) in [6.07, 6.45) is 3.77. The van der Waals surface area contributed by atoms with Crippen molar-refractivity contribution in [3.63, 3.8) is 0 Å². The van der Waals surface area contributed by atoms with Gasteiger partial charge in [0.1, 0.15) is 5.76 Å². The van der Waals surface area contributed by atoms with E-state index < -0.39 is 10.0 Å². The van der Waals surface area contributed by atoms with Crippen LogP contribution >= 0.6 is 11.6 Å². The summed E-state index contributed by atoms with van der Waals surface area (Å²) in [5.74, 6) is 0.859. The summed E-state index contributed by atoms with van der Waals surface area (Å²) in [5.41, 5.74) is 2.85. The third-order valence-corrected chi connectivity index (χ3v) is 5.60. The highest BCUT2D eigenvalue weighted by molar-refractivity contribution is 7.90. The number of fused-ring (bicyclic) bond motifs is 1. The quantitative estimate of drug-likeness (QED) is 0.726. The van der Waals surface area contributed by atoms with Crippen LogP contribution in [0.15, 0.2) is 57.5 Å². The lowest BCUT2D eigenvalue weighted by molar-refractivity contribution is 0.391. The molecule has 0 spiro atoms. The van der Waals surface area contributed by atoms with Gasteiger partial charge in [-0.1, -0.05) is 42.3 Å². The molecule has 3 rings (SSSR count). The lowest BCUT2D eigenvalue weighted by atomic mass is 10.0. The maximum Gasteiger partial charge on any atom is 0.285 e. The predicted octanol–water partition coefficient (Wildman–Crippen LogP) is 5.15. The second kappa shape index (κ2) is 7.64. The van der Waals surface area contributed by atoms with Crippen LogP contribution < -0.4 is 0 Å². The Kier molecular flexibility index (Phi) is 5.49. The monoisotopic (exact) mass is 389 g/mol. The minimum absolute atomic E-state index is 0.154. The van der Waals surface area contributed by atoms with Gasteiger partial charge >= 0.3 is 0 Å². The van der Waals surface area contributed by atoms with Crippen molar-refractivity contribution in [1.29, 1.82) is 0 Å². The van der Waals surface area contributed by atoms with E-state index in [4.69, 9.17) is 16.3 Å². The Morgan fingerprint density at radius 2 is 1.88 bits per heavy atom. The molecule has 0 unspecified atom stereocenters. The molecule has 0 saturated carbocycles. The molecule has 2 aromatic carbocycles. The molecular weight excluding hydrogens is 370 g/mol. The first-order chi connectivity index (χ1) is 12.4. The summed E-state index contributed by atoms with van der Waals surface area (Å²) in [5, 5.41) is 0.628. The molecule has 6 heteroatoms. The maximum absolute atomic E-state index is 12.6. The van der Waals surface area contributed by atoms with E-state index in [1.54, 1.807) is 30.3 Å². The molecule has 0 atom stereocenters. The smallest absolute Gasteiger partial charge is 0.285 e. The fourth-order valence-electron chi connectivity index (χ4n) is 2.73. The predicted molar refractivity (Wildman–Crippen MR) is 105 cm³/mol. The minimum atomic E-state index is -3.83. The number of benzene rings is 2. The largest absolute Gasteiger partial charge is 0.446 e. The first-order valence-electron chi connectivity index (χ1n) is 8.45. The number of ether oxygens (including phenoxy) is 1.